The third-order valence-electron chi connectivity index (χ3n) is 3.31. The molecule has 0 unspecified atom stereocenters. The van der Waals surface area contributed by atoms with Crippen molar-refractivity contribution in [1.82, 2.24) is 9.97 Å². The maximum Gasteiger partial charge on any atom is 0.152 e. The van der Waals surface area contributed by atoms with Crippen LogP contribution in [-0.4, -0.2) is 16.5 Å². The molecule has 0 saturated heterocycles. The lowest BCUT2D eigenvalue weighted by Crippen LogP contribution is -2.04. The van der Waals surface area contributed by atoms with Crippen molar-refractivity contribution in [2.24, 2.45) is 0 Å². The van der Waals surface area contributed by atoms with Crippen molar-refractivity contribution in [3.63, 3.8) is 0 Å². The van der Waals surface area contributed by atoms with Crippen LogP contribution in [0.1, 0.15) is 17.1 Å². The molecule has 1 N–H and O–H groups in total. The van der Waals surface area contributed by atoms with Gasteiger partial charge in [0.25, 0.3) is 0 Å². The molecule has 0 fully saturated rings. The molecule has 0 saturated carbocycles. The van der Waals surface area contributed by atoms with E-state index in [9.17, 15) is 8.78 Å². The summed E-state index contributed by atoms with van der Waals surface area (Å²) < 4.78 is 27.1. The molecule has 0 aliphatic heterocycles. The Hall–Kier alpha value is -2.08. The van der Waals surface area contributed by atoms with Gasteiger partial charge in [0.2, 0.25) is 0 Å². The zero-order valence-electron chi connectivity index (χ0n) is 12.1. The molecule has 114 valence electrons. The highest BCUT2D eigenvalue weighted by Gasteiger charge is 2.09. The average Bonchev–Trinajstić information content (AvgIpc) is 2.89. The Morgan fingerprint density at radius 1 is 1.27 bits per heavy atom. The van der Waals surface area contributed by atoms with E-state index in [1.165, 1.54) is 12.3 Å². The van der Waals surface area contributed by atoms with Gasteiger partial charge in [0, 0.05) is 47.4 Å². The van der Waals surface area contributed by atoms with Gasteiger partial charge in [-0.25, -0.2) is 13.8 Å². The molecule has 0 aliphatic carbocycles. The van der Waals surface area contributed by atoms with Gasteiger partial charge in [-0.2, -0.15) is 0 Å². The number of rotatable bonds is 5. The van der Waals surface area contributed by atoms with Gasteiger partial charge in [-0.3, -0.25) is 4.98 Å². The summed E-state index contributed by atoms with van der Waals surface area (Å²) >= 11 is 1.65. The van der Waals surface area contributed by atoms with Gasteiger partial charge in [0.05, 0.1) is 5.01 Å². The highest BCUT2D eigenvalue weighted by molar-refractivity contribution is 7.09. The van der Waals surface area contributed by atoms with Crippen LogP contribution in [0.4, 0.5) is 14.5 Å². The summed E-state index contributed by atoms with van der Waals surface area (Å²) in [6.07, 6.45) is 3.31. The smallest absolute Gasteiger partial charge is 0.152 e. The number of pyridine rings is 1. The highest BCUT2D eigenvalue weighted by Crippen LogP contribution is 2.25. The fourth-order valence-corrected chi connectivity index (χ4v) is 3.13. The molecule has 0 aliphatic rings. The van der Waals surface area contributed by atoms with Crippen LogP contribution in [0.5, 0.6) is 0 Å². The van der Waals surface area contributed by atoms with E-state index in [1.807, 2.05) is 12.3 Å². The van der Waals surface area contributed by atoms with Gasteiger partial charge >= 0.3 is 0 Å². The standard InChI is InChI=1S/C16H15F2N3S/c1-10-9-22-15(21-10)3-2-5-19-14-4-6-20-16-12(14)7-11(17)8-13(16)18/h4,6-9H,2-3,5H2,1H3,(H,19,20). The Morgan fingerprint density at radius 2 is 2.14 bits per heavy atom. The lowest BCUT2D eigenvalue weighted by molar-refractivity contribution is 0.590. The van der Waals surface area contributed by atoms with Crippen LogP contribution in [0.3, 0.4) is 0 Å². The topological polar surface area (TPSA) is 37.8 Å². The molecule has 1 aromatic carbocycles. The molecule has 0 radical (unpaired) electrons. The van der Waals surface area contributed by atoms with Crippen LogP contribution >= 0.6 is 11.3 Å². The van der Waals surface area contributed by atoms with Crippen molar-refractivity contribution < 1.29 is 8.78 Å². The third kappa shape index (κ3) is 3.22. The second-order valence-electron chi connectivity index (χ2n) is 5.06. The Morgan fingerprint density at radius 3 is 2.91 bits per heavy atom. The zero-order chi connectivity index (χ0) is 15.5. The predicted molar refractivity (Wildman–Crippen MR) is 85.3 cm³/mol. The summed E-state index contributed by atoms with van der Waals surface area (Å²) in [7, 11) is 0. The molecular formula is C16H15F2N3S. The number of hydrogen-bond donors (Lipinski definition) is 1. The number of benzene rings is 1. The summed E-state index contributed by atoms with van der Waals surface area (Å²) in [5.41, 5.74) is 1.92. The minimum Gasteiger partial charge on any atom is -0.384 e. The minimum absolute atomic E-state index is 0.182. The van der Waals surface area contributed by atoms with Crippen molar-refractivity contribution in [3.8, 4) is 0 Å². The molecule has 0 atom stereocenters. The number of aryl methyl sites for hydroxylation is 2. The third-order valence-corrected chi connectivity index (χ3v) is 4.34. The molecule has 3 rings (SSSR count). The van der Waals surface area contributed by atoms with Crippen LogP contribution in [0.2, 0.25) is 0 Å². The number of aromatic nitrogens is 2. The van der Waals surface area contributed by atoms with E-state index >= 15 is 0 Å². The van der Waals surface area contributed by atoms with E-state index < -0.39 is 11.6 Å². The first-order valence-corrected chi connectivity index (χ1v) is 7.90. The quantitative estimate of drug-likeness (QED) is 0.712. The monoisotopic (exact) mass is 319 g/mol. The van der Waals surface area contributed by atoms with Crippen molar-refractivity contribution in [2.45, 2.75) is 19.8 Å². The fourth-order valence-electron chi connectivity index (χ4n) is 2.31. The predicted octanol–water partition coefficient (Wildman–Crippen LogP) is 4.32. The maximum atomic E-state index is 13.7. The summed E-state index contributed by atoms with van der Waals surface area (Å²) in [5.74, 6) is -1.24. The van der Waals surface area contributed by atoms with Crippen molar-refractivity contribution in [1.29, 1.82) is 0 Å². The van der Waals surface area contributed by atoms with E-state index in [1.54, 1.807) is 17.4 Å². The van der Waals surface area contributed by atoms with Crippen LogP contribution in [0.15, 0.2) is 29.8 Å². The van der Waals surface area contributed by atoms with Gasteiger partial charge in [-0.15, -0.1) is 11.3 Å². The van der Waals surface area contributed by atoms with E-state index in [2.05, 4.69) is 15.3 Å². The number of thiazole rings is 1. The molecule has 22 heavy (non-hydrogen) atoms. The van der Waals surface area contributed by atoms with E-state index in [0.29, 0.717) is 17.6 Å². The lowest BCUT2D eigenvalue weighted by atomic mass is 10.1. The average molecular weight is 319 g/mol. The molecule has 2 heterocycles. The first-order valence-electron chi connectivity index (χ1n) is 7.02. The zero-order valence-corrected chi connectivity index (χ0v) is 12.9. The Bertz CT molecular complexity index is 801. The number of hydrogen-bond acceptors (Lipinski definition) is 4. The molecule has 0 bridgehead atoms. The Balaban J connectivity index is 1.69. The van der Waals surface area contributed by atoms with Gasteiger partial charge < -0.3 is 5.32 Å². The van der Waals surface area contributed by atoms with Crippen molar-refractivity contribution >= 4 is 27.9 Å². The maximum absolute atomic E-state index is 13.7. The first kappa shape index (κ1) is 14.8. The lowest BCUT2D eigenvalue weighted by Gasteiger charge is -2.09. The molecule has 3 nitrogen and oxygen atoms in total. The fraction of sp³-hybridized carbons (Fsp3) is 0.250. The number of nitrogens with zero attached hydrogens (tertiary/aromatic N) is 2. The second kappa shape index (κ2) is 6.36. The molecule has 0 spiro atoms. The van der Waals surface area contributed by atoms with Crippen LogP contribution < -0.4 is 5.32 Å². The summed E-state index contributed by atoms with van der Waals surface area (Å²) in [4.78, 5) is 8.38. The van der Waals surface area contributed by atoms with Gasteiger partial charge in [0.1, 0.15) is 11.3 Å². The Kier molecular flexibility index (Phi) is 4.29. The van der Waals surface area contributed by atoms with Gasteiger partial charge in [-0.1, -0.05) is 0 Å². The van der Waals surface area contributed by atoms with E-state index in [-0.39, 0.29) is 5.52 Å². The summed E-state index contributed by atoms with van der Waals surface area (Å²) in [6, 6.07) is 3.89. The summed E-state index contributed by atoms with van der Waals surface area (Å²) in [5, 5.41) is 6.83. The van der Waals surface area contributed by atoms with Gasteiger partial charge in [0.15, 0.2) is 5.82 Å². The van der Waals surface area contributed by atoms with Crippen LogP contribution in [0.25, 0.3) is 10.9 Å². The first-order chi connectivity index (χ1) is 10.6. The number of halogens is 2. The number of anilines is 1. The molecule has 2 aromatic heterocycles. The Labute approximate surface area is 131 Å². The van der Waals surface area contributed by atoms with E-state index in [0.717, 1.165) is 29.6 Å². The molecule has 0 amide bonds. The number of nitrogens with one attached hydrogen (secondary N) is 1. The largest absolute Gasteiger partial charge is 0.384 e. The van der Waals surface area contributed by atoms with Crippen LogP contribution in [-0.2, 0) is 6.42 Å². The minimum atomic E-state index is -0.642. The van der Waals surface area contributed by atoms with Crippen molar-refractivity contribution in [2.75, 3.05) is 11.9 Å². The van der Waals surface area contributed by atoms with Gasteiger partial charge in [-0.05, 0) is 25.5 Å². The molecule has 6 heteroatoms. The van der Waals surface area contributed by atoms with Crippen molar-refractivity contribution in [3.05, 3.63) is 52.1 Å². The molecular weight excluding hydrogens is 304 g/mol. The van der Waals surface area contributed by atoms with Crippen LogP contribution in [0, 0.1) is 18.6 Å². The second-order valence-corrected chi connectivity index (χ2v) is 6.00. The van der Waals surface area contributed by atoms with E-state index in [4.69, 9.17) is 0 Å². The highest BCUT2D eigenvalue weighted by atomic mass is 32.1. The molecule has 3 aromatic rings. The SMILES string of the molecule is Cc1csc(CCCNc2ccnc3c(F)cc(F)cc23)n1. The normalized spacial score (nSPS) is 11.0. The number of fused-ring (bicyclic) bond motifs is 1. The summed E-state index contributed by atoms with van der Waals surface area (Å²) in [6.45, 7) is 2.68.